The monoisotopic (exact) mass is 1190 g/mol. The molecule has 8 aromatic carbocycles. The minimum absolute atomic E-state index is 0. The van der Waals surface area contributed by atoms with Crippen molar-refractivity contribution >= 4 is 58.9 Å². The number of hydrogen-bond acceptors (Lipinski definition) is 0. The van der Waals surface area contributed by atoms with Gasteiger partial charge < -0.3 is 17.4 Å². The van der Waals surface area contributed by atoms with Crippen molar-refractivity contribution in [3.05, 3.63) is 241 Å². The summed E-state index contributed by atoms with van der Waals surface area (Å²) in [6.45, 7) is 0. The fourth-order valence-electron chi connectivity index (χ4n) is 8.33. The fourth-order valence-corrected chi connectivity index (χ4v) is 14.5. The molecule has 0 saturated heterocycles. The maximum atomic E-state index is 7.33. The summed E-state index contributed by atoms with van der Waals surface area (Å²) in [5.74, 6) is 5.01. The number of hydrogen-bond donors (Lipinski definition) is 0. The van der Waals surface area contributed by atoms with Crippen molar-refractivity contribution in [3.63, 3.8) is 0 Å². The summed E-state index contributed by atoms with van der Waals surface area (Å²) >= 11 is 0. The summed E-state index contributed by atoms with van der Waals surface area (Å²) in [7, 11) is 0.466. The fraction of sp³-hybridized carbons (Fsp3) is 0.0714. The van der Waals surface area contributed by atoms with Gasteiger partial charge in [0.15, 0.2) is 0 Å². The van der Waals surface area contributed by atoms with E-state index in [-0.39, 0.29) is 44.8 Å². The van der Waals surface area contributed by atoms with Crippen molar-refractivity contribution < 1.29 is 44.8 Å². The number of fused-ring (bicyclic) bond motifs is 6. The Kier molecular flexibility index (Phi) is 16.6. The maximum absolute atomic E-state index is 7.33. The van der Waals surface area contributed by atoms with Crippen LogP contribution in [-0.2, 0) is 58.2 Å². The Morgan fingerprint density at radius 2 is 0.852 bits per heavy atom. The van der Waals surface area contributed by atoms with Crippen LogP contribution >= 0.6 is 15.8 Å². The van der Waals surface area contributed by atoms with Crippen LogP contribution in [0, 0.1) is 24.7 Å². The normalized spacial score (nSPS) is 10.8. The number of aryl methyl sites for hydroxylation is 1. The predicted octanol–water partition coefficient (Wildman–Crippen LogP) is 11.2. The van der Waals surface area contributed by atoms with Gasteiger partial charge in [0.2, 0.25) is 0 Å². The molecule has 1 aromatic heterocycles. The van der Waals surface area contributed by atoms with Gasteiger partial charge in [-0.2, -0.15) is 0 Å². The summed E-state index contributed by atoms with van der Waals surface area (Å²) in [4.78, 5) is 0. The molecule has 304 valence electrons. The van der Waals surface area contributed by atoms with Gasteiger partial charge in [0.1, 0.15) is 12.3 Å². The van der Waals surface area contributed by atoms with Crippen LogP contribution in [0.25, 0.3) is 32.9 Å². The van der Waals surface area contributed by atoms with Gasteiger partial charge in [0.25, 0.3) is 0 Å². The number of aromatic nitrogens is 1. The average Bonchev–Trinajstić information content (AvgIpc) is 3.84. The van der Waals surface area contributed by atoms with E-state index in [1.807, 2.05) is 43.4 Å². The molecule has 5 heteroatoms. The first-order valence-electron chi connectivity index (χ1n) is 20.1. The van der Waals surface area contributed by atoms with Crippen molar-refractivity contribution in [3.8, 4) is 23.0 Å². The molecule has 0 N–H and O–H groups in total. The minimum atomic E-state index is -0.783. The van der Waals surface area contributed by atoms with E-state index in [0.29, 0.717) is 0 Å². The Hall–Kier alpha value is -4.98. The number of rotatable bonds is 7. The number of benzene rings is 8. The van der Waals surface area contributed by atoms with Crippen LogP contribution in [0.2, 0.25) is 0 Å². The summed E-state index contributed by atoms with van der Waals surface area (Å²) < 4.78 is 2.13. The third-order valence-corrected chi connectivity index (χ3v) is 17.3. The van der Waals surface area contributed by atoms with Crippen molar-refractivity contribution in [2.24, 2.45) is 7.05 Å². The summed E-state index contributed by atoms with van der Waals surface area (Å²) in [5, 5.41) is 8.48. The molecule has 1 heterocycles. The number of nitrogens with zero attached hydrogens (tertiary/aromatic N) is 1. The summed E-state index contributed by atoms with van der Waals surface area (Å²) in [5.41, 5.74) is 9.22. The van der Waals surface area contributed by atoms with Gasteiger partial charge in [0, 0.05) is 18.0 Å². The van der Waals surface area contributed by atoms with E-state index < -0.39 is 15.8 Å². The predicted molar refractivity (Wildman–Crippen MR) is 258 cm³/mol. The van der Waals surface area contributed by atoms with E-state index in [1.165, 1.54) is 72.1 Å². The van der Waals surface area contributed by atoms with Gasteiger partial charge in [-0.1, -0.05) is 140 Å². The molecule has 10 rings (SSSR count). The molecule has 0 atom stereocenters. The molecule has 0 aliphatic heterocycles. The largest absolute Gasteiger partial charge is 1.00 e. The first-order valence-corrected chi connectivity index (χ1v) is 23.5. The molecule has 1 nitrogen and oxygen atoms in total. The Morgan fingerprint density at radius 1 is 0.443 bits per heavy atom. The molecule has 0 radical (unpaired) electrons. The molecule has 0 saturated carbocycles. The van der Waals surface area contributed by atoms with Crippen molar-refractivity contribution in [1.29, 1.82) is 0 Å². The molecule has 0 amide bonds. The van der Waals surface area contributed by atoms with Crippen LogP contribution in [0.3, 0.4) is 0 Å². The van der Waals surface area contributed by atoms with Gasteiger partial charge in [0.05, 0.1) is 37.1 Å². The zero-order valence-electron chi connectivity index (χ0n) is 33.8. The molecule has 0 spiro atoms. The van der Waals surface area contributed by atoms with Gasteiger partial charge in [-0.3, -0.25) is 11.8 Å². The van der Waals surface area contributed by atoms with Crippen LogP contribution in [0.5, 0.6) is 0 Å². The van der Waals surface area contributed by atoms with E-state index in [0.717, 1.165) is 23.1 Å². The molecule has 0 bridgehead atoms. The topological polar surface area (TPSA) is 4.93 Å². The standard InChI is InChI=1S/C26H24P2.C15H10N.C15H9.2Au/c1-5-13-23(14-6-1)27(24-15-7-2-8-16-24)21-22-28(25-17-9-3-10-18-25)26-19-11-4-12-20-26;1-3-11-7-6-9-13-12-8-4-5-10-14(12)16(2)15(11)13;1-2-11-7-5-9-14-13-8-4-3-6-12(13)10-15(11)14;;/h1-20H,21-22H2;4-10H,2H3;3-9H,10H2;;/q;2*-1;2*+1/p+2. The van der Waals surface area contributed by atoms with Crippen LogP contribution < -0.4 is 21.2 Å². The molecular weight excluding hydrogens is 1140 g/mol. The Bertz CT molecular complexity index is 2730. The first-order chi connectivity index (χ1) is 29.1. The van der Waals surface area contributed by atoms with Gasteiger partial charge >= 0.3 is 44.8 Å². The SMILES string of the molecule is [Au+].[Au+].[C-]#Cc1cccc2c1Cc1ccccc1-2.[C-]#Cc1cccc2c3ccccc3n(C)c12.c1ccc([PH+](CC[PH+](c2ccccc2)c2ccccc2)c2ccccc2)cc1. The van der Waals surface area contributed by atoms with Crippen LogP contribution in [-0.4, -0.2) is 16.9 Å². The van der Waals surface area contributed by atoms with E-state index in [1.54, 1.807) is 0 Å². The minimum Gasteiger partial charge on any atom is -0.366 e. The Balaban J connectivity index is 0.000000161. The smallest absolute Gasteiger partial charge is 0.366 e. The molecule has 0 unspecified atom stereocenters. The van der Waals surface area contributed by atoms with E-state index >= 15 is 0 Å². The van der Waals surface area contributed by atoms with E-state index in [9.17, 15) is 0 Å². The van der Waals surface area contributed by atoms with Crippen LogP contribution in [0.4, 0.5) is 0 Å². The van der Waals surface area contributed by atoms with Gasteiger partial charge in [-0.25, -0.2) is 0 Å². The Labute approximate surface area is 395 Å². The zero-order chi connectivity index (χ0) is 40.4. The van der Waals surface area contributed by atoms with E-state index in [4.69, 9.17) is 12.8 Å². The second kappa shape index (κ2) is 22.2. The van der Waals surface area contributed by atoms with Crippen LogP contribution in [0.1, 0.15) is 22.3 Å². The Morgan fingerprint density at radius 3 is 1.38 bits per heavy atom. The first kappa shape index (κ1) is 45.5. The third-order valence-electron chi connectivity index (χ3n) is 11.2. The van der Waals surface area contributed by atoms with Crippen molar-refractivity contribution in [2.45, 2.75) is 6.42 Å². The third kappa shape index (κ3) is 10.4. The second-order valence-electron chi connectivity index (χ2n) is 14.6. The van der Waals surface area contributed by atoms with E-state index in [2.05, 4.69) is 186 Å². The van der Waals surface area contributed by atoms with Crippen molar-refractivity contribution in [1.82, 2.24) is 4.57 Å². The quantitative estimate of drug-likeness (QED) is 0.0649. The number of para-hydroxylation sites is 2. The van der Waals surface area contributed by atoms with Gasteiger partial charge in [-0.15, -0.1) is 28.8 Å². The molecule has 0 fully saturated rings. The second-order valence-corrected chi connectivity index (χ2v) is 19.8. The molecule has 9 aromatic rings. The molecule has 1 aliphatic carbocycles. The molecular formula is C56H45Au2NP2+2. The summed E-state index contributed by atoms with van der Waals surface area (Å²) in [6, 6.07) is 73.3. The summed E-state index contributed by atoms with van der Waals surface area (Å²) in [6.07, 6.45) is 18.1. The molecule has 1 aliphatic rings. The zero-order valence-corrected chi connectivity index (χ0v) is 40.1. The molecule has 61 heavy (non-hydrogen) atoms. The van der Waals surface area contributed by atoms with Crippen molar-refractivity contribution in [2.75, 3.05) is 12.3 Å². The maximum Gasteiger partial charge on any atom is 1.00 e. The van der Waals surface area contributed by atoms with Gasteiger partial charge in [-0.05, 0) is 88.6 Å². The average molecular weight is 1190 g/mol. The van der Waals surface area contributed by atoms with Crippen LogP contribution in [0.15, 0.2) is 206 Å².